The predicted octanol–water partition coefficient (Wildman–Crippen LogP) is 0.342. The van der Waals surface area contributed by atoms with E-state index in [1.807, 2.05) is 0 Å². The second-order valence-corrected chi connectivity index (χ2v) is 0.806. The summed E-state index contributed by atoms with van der Waals surface area (Å²) in [7, 11) is -2.43. The Balaban J connectivity index is 4.08. The molecule has 0 spiro atoms. The maximum absolute atomic E-state index is 9.68. The van der Waals surface area contributed by atoms with Gasteiger partial charge in [-0.15, -0.1) is 6.18 Å². The Morgan fingerprint density at radius 1 is 2.50 bits per heavy atom. The maximum atomic E-state index is 9.68. The van der Waals surface area contributed by atoms with Gasteiger partial charge < -0.3 is 8.99 Å². The van der Waals surface area contributed by atoms with E-state index in [1.54, 1.807) is 0 Å². The monoisotopic (exact) mass is 81.0 g/mol. The van der Waals surface area contributed by atoms with Crippen molar-refractivity contribution < 1.29 is 8.32 Å². The Hall–Kier alpha value is -0.0500. The van der Waals surface area contributed by atoms with Crippen LogP contribution in [-0.2, 0) is 14.8 Å². The molecule has 0 atom stereocenters. The molecular formula is CH4NOS-. The van der Waals surface area contributed by atoms with Crippen LogP contribution in [0.2, 0.25) is 0 Å². The quantitative estimate of drug-likeness (QED) is 0.420. The van der Waals surface area contributed by atoms with Crippen LogP contribution in [0.25, 0.3) is 0 Å². The van der Waals surface area contributed by atoms with Crippen LogP contribution in [0.15, 0.2) is 0 Å². The van der Waals surface area contributed by atoms with Crippen LogP contribution < -0.4 is 0 Å². The summed E-state index contributed by atoms with van der Waals surface area (Å²) in [6.07, 6.45) is -2.61. The highest BCUT2D eigenvalue weighted by atomic mass is 32.2. The average molecular weight is 81.1 g/mol. The van der Waals surface area contributed by atoms with Crippen LogP contribution in [-0.4, -0.2) is 6.18 Å². The van der Waals surface area contributed by atoms with Gasteiger partial charge in [-0.1, -0.05) is 0 Å². The van der Waals surface area contributed by atoms with E-state index in [9.17, 15) is 4.21 Å². The first-order valence-corrected chi connectivity index (χ1v) is 1.72. The molecule has 1 N–H and O–H groups in total. The summed E-state index contributed by atoms with van der Waals surface area (Å²) >= 11 is 0. The zero-order chi connectivity index (χ0) is 6.08. The number of rotatable bonds is 0. The first kappa shape index (κ1) is 0.971. The lowest BCUT2D eigenvalue weighted by Gasteiger charge is -1.66. The molecule has 0 heterocycles. The molecule has 26 valence electrons. The highest BCUT2D eigenvalue weighted by Crippen LogP contribution is 1.36. The third-order valence-electron chi connectivity index (χ3n) is 0. The van der Waals surface area contributed by atoms with Gasteiger partial charge in [0, 0.05) is 4.11 Å². The maximum Gasteiger partial charge on any atom is 0.00241 e. The number of hydrogen-bond acceptors (Lipinski definition) is 3. The molecule has 3 heteroatoms. The van der Waals surface area contributed by atoms with Crippen molar-refractivity contribution in [3.63, 3.8) is 0 Å². The van der Waals surface area contributed by atoms with Crippen molar-refractivity contribution >= 4 is 10.6 Å². The van der Waals surface area contributed by atoms with E-state index < -0.39 is 16.8 Å². The number of nitrogens with one attached hydrogen (secondary N) is 1. The summed E-state index contributed by atoms with van der Waals surface area (Å²) in [6.45, 7) is 0. The van der Waals surface area contributed by atoms with Gasteiger partial charge in [-0.25, -0.2) is 0 Å². The molecule has 2 nitrogen and oxygen atoms in total. The molecule has 0 saturated heterocycles. The van der Waals surface area contributed by atoms with Crippen molar-refractivity contribution in [3.8, 4) is 0 Å². The first-order chi connectivity index (χ1) is 2.94. The van der Waals surface area contributed by atoms with E-state index in [2.05, 4.69) is 0 Å². The van der Waals surface area contributed by atoms with Gasteiger partial charge in [0.25, 0.3) is 0 Å². The topological polar surface area (TPSA) is 40.9 Å². The van der Waals surface area contributed by atoms with Crippen LogP contribution in [0.3, 0.4) is 0 Å². The minimum Gasteiger partial charge on any atom is -0.445 e. The third kappa shape index (κ3) is 704. The summed E-state index contributed by atoms with van der Waals surface area (Å²) in [5.74, 6) is 0. The molecule has 0 aromatic heterocycles. The van der Waals surface area contributed by atoms with Gasteiger partial charge in [0.05, 0.1) is 0 Å². The third-order valence-corrected chi connectivity index (χ3v) is 0. The smallest absolute Gasteiger partial charge is 0.00241 e. The molecule has 0 saturated carbocycles. The fraction of sp³-hybridized carbons (Fsp3) is 1.00. The zero-order valence-corrected chi connectivity index (χ0v) is 2.63. The Morgan fingerprint density at radius 2 is 2.75 bits per heavy atom. The molecular weight excluding hydrogens is 74.1 g/mol. The normalized spacial score (nSPS) is 22.8. The summed E-state index contributed by atoms with van der Waals surface area (Å²) in [5.41, 5.74) is 0. The predicted molar refractivity (Wildman–Crippen MR) is 16.7 cm³/mol. The van der Waals surface area contributed by atoms with E-state index in [-0.39, 0.29) is 0 Å². The molecule has 0 fully saturated rings. The molecule has 0 aromatic carbocycles. The molecule has 0 unspecified atom stereocenters. The highest BCUT2D eigenvalue weighted by Gasteiger charge is 1.19. The van der Waals surface area contributed by atoms with Gasteiger partial charge in [0.2, 0.25) is 0 Å². The van der Waals surface area contributed by atoms with E-state index in [4.69, 9.17) is 8.89 Å². The van der Waals surface area contributed by atoms with E-state index in [1.165, 1.54) is 0 Å². The van der Waals surface area contributed by atoms with E-state index in [0.29, 0.717) is 0 Å². The summed E-state index contributed by atoms with van der Waals surface area (Å²) in [6, 6.07) is 0. The van der Waals surface area contributed by atoms with Crippen molar-refractivity contribution in [1.29, 1.82) is 4.78 Å². The van der Waals surface area contributed by atoms with Crippen LogP contribution >= 0.6 is 0 Å². The fourth-order valence-electron chi connectivity index (χ4n) is 0. The van der Waals surface area contributed by atoms with Gasteiger partial charge in [-0.3, -0.25) is 0 Å². The molecule has 0 rings (SSSR count). The lowest BCUT2D eigenvalue weighted by molar-refractivity contribution is 0.602. The molecule has 0 aliphatic heterocycles. The standard InChI is InChI=1S/CH4NOS/c1-4(2)3/h2H,1H3/q-1/i1D3. The summed E-state index contributed by atoms with van der Waals surface area (Å²) in [5, 5.41) is 0. The highest BCUT2D eigenvalue weighted by molar-refractivity contribution is 7.72. The van der Waals surface area contributed by atoms with Gasteiger partial charge >= 0.3 is 0 Å². The van der Waals surface area contributed by atoms with Crippen LogP contribution in [0, 0.1) is 4.78 Å². The molecule has 0 aliphatic rings. The van der Waals surface area contributed by atoms with Crippen LogP contribution in [0.5, 0.6) is 0 Å². The Bertz CT molecular complexity index is 115. The molecule has 4 heavy (non-hydrogen) atoms. The molecule has 0 bridgehead atoms. The second kappa shape index (κ2) is 1.29. The minimum atomic E-state index is -2.61. The molecule has 0 radical (unpaired) electrons. The molecule has 0 aromatic rings. The first-order valence-electron chi connectivity index (χ1n) is 2.07. The Morgan fingerprint density at radius 3 is 2.75 bits per heavy atom. The largest absolute Gasteiger partial charge is 0.445 e. The van der Waals surface area contributed by atoms with Gasteiger partial charge in [-0.2, -0.15) is 10.6 Å². The second-order valence-electron chi connectivity index (χ2n) is 0.269. The minimum absolute atomic E-state index is 2.43. The lowest BCUT2D eigenvalue weighted by atomic mass is 12.0. The van der Waals surface area contributed by atoms with Crippen LogP contribution in [0.1, 0.15) is 4.11 Å². The van der Waals surface area contributed by atoms with E-state index in [0.717, 1.165) is 0 Å². The summed E-state index contributed by atoms with van der Waals surface area (Å²) in [4.78, 5) is 0. The lowest BCUT2D eigenvalue weighted by Crippen LogP contribution is -1.48. The fourth-order valence-corrected chi connectivity index (χ4v) is 0. The number of hydrogen-bond donors (Lipinski definition) is 1. The van der Waals surface area contributed by atoms with Crippen molar-refractivity contribution in [1.82, 2.24) is 0 Å². The van der Waals surface area contributed by atoms with Gasteiger partial charge in [-0.05, 0) is 0 Å². The molecule has 0 amide bonds. The van der Waals surface area contributed by atoms with Gasteiger partial charge in [0.1, 0.15) is 0 Å². The molecule has 0 aliphatic carbocycles. The SMILES string of the molecule is [2H]C([2H])([2H])[S-](=N)=O. The Labute approximate surface area is 31.1 Å². The van der Waals surface area contributed by atoms with E-state index >= 15 is 0 Å². The van der Waals surface area contributed by atoms with Crippen molar-refractivity contribution in [2.45, 2.75) is 0 Å². The Kier molecular flexibility index (Phi) is 0.313. The van der Waals surface area contributed by atoms with Gasteiger partial charge in [0.15, 0.2) is 0 Å². The van der Waals surface area contributed by atoms with Crippen molar-refractivity contribution in [2.75, 3.05) is 6.18 Å². The van der Waals surface area contributed by atoms with Crippen LogP contribution in [0.4, 0.5) is 0 Å². The average Bonchev–Trinajstić information content (AvgIpc) is 1.31. The van der Waals surface area contributed by atoms with Crippen molar-refractivity contribution in [3.05, 3.63) is 0 Å². The zero-order valence-electron chi connectivity index (χ0n) is 4.82. The van der Waals surface area contributed by atoms with Crippen molar-refractivity contribution in [2.24, 2.45) is 0 Å². The summed E-state index contributed by atoms with van der Waals surface area (Å²) < 4.78 is 34.5.